The van der Waals surface area contributed by atoms with E-state index in [-0.39, 0.29) is 11.9 Å². The lowest BCUT2D eigenvalue weighted by molar-refractivity contribution is -0.125. The molecule has 108 valence electrons. The van der Waals surface area contributed by atoms with Gasteiger partial charge in [-0.1, -0.05) is 18.2 Å². The second kappa shape index (κ2) is 4.55. The number of benzene rings is 1. The third-order valence-corrected chi connectivity index (χ3v) is 3.95. The lowest BCUT2D eigenvalue weighted by atomic mass is 10.0. The fourth-order valence-electron chi connectivity index (χ4n) is 2.66. The molecule has 3 amide bonds. The van der Waals surface area contributed by atoms with Crippen molar-refractivity contribution < 1.29 is 9.59 Å². The molecule has 0 radical (unpaired) electrons. The van der Waals surface area contributed by atoms with Crippen molar-refractivity contribution in [1.29, 1.82) is 0 Å². The van der Waals surface area contributed by atoms with E-state index in [1.54, 1.807) is 18.7 Å². The van der Waals surface area contributed by atoms with Gasteiger partial charge in [-0.05, 0) is 38.5 Å². The molecule has 1 N–H and O–H groups in total. The fourth-order valence-corrected chi connectivity index (χ4v) is 2.66. The number of carbonyl (C=O) groups is 2. The number of aromatic nitrogens is 1. The van der Waals surface area contributed by atoms with Gasteiger partial charge in [0, 0.05) is 17.6 Å². The molecule has 0 unspecified atom stereocenters. The molecular formula is C16H17N3O2. The van der Waals surface area contributed by atoms with Crippen LogP contribution in [0.15, 0.2) is 30.3 Å². The summed E-state index contributed by atoms with van der Waals surface area (Å²) in [6, 6.07) is 9.45. The van der Waals surface area contributed by atoms with Crippen LogP contribution in [0.1, 0.15) is 25.1 Å². The zero-order valence-electron chi connectivity index (χ0n) is 12.3. The Kier molecular flexibility index (Phi) is 2.93. The molecule has 2 heterocycles. The maximum atomic E-state index is 12.0. The van der Waals surface area contributed by atoms with Crippen LogP contribution >= 0.6 is 0 Å². The van der Waals surface area contributed by atoms with Crippen molar-refractivity contribution in [2.75, 3.05) is 0 Å². The van der Waals surface area contributed by atoms with Gasteiger partial charge in [0.05, 0.1) is 5.52 Å². The van der Waals surface area contributed by atoms with E-state index in [2.05, 4.69) is 10.3 Å². The molecular weight excluding hydrogens is 266 g/mol. The molecule has 5 nitrogen and oxygen atoms in total. The number of hydrogen-bond acceptors (Lipinski definition) is 3. The molecule has 0 aliphatic carbocycles. The maximum absolute atomic E-state index is 12.0. The summed E-state index contributed by atoms with van der Waals surface area (Å²) in [6.45, 7) is 5.82. The molecule has 0 saturated carbocycles. The lowest BCUT2D eigenvalue weighted by Gasteiger charge is -2.28. The quantitative estimate of drug-likeness (QED) is 0.861. The number of aryl methyl sites for hydroxylation is 1. The van der Waals surface area contributed by atoms with Crippen molar-refractivity contribution in [2.24, 2.45) is 0 Å². The van der Waals surface area contributed by atoms with Crippen molar-refractivity contribution in [3.8, 4) is 0 Å². The third-order valence-electron chi connectivity index (χ3n) is 3.95. The molecule has 0 spiro atoms. The second-order valence-corrected chi connectivity index (χ2v) is 5.84. The van der Waals surface area contributed by atoms with Crippen molar-refractivity contribution in [3.05, 3.63) is 41.6 Å². The van der Waals surface area contributed by atoms with E-state index in [0.717, 1.165) is 22.2 Å². The van der Waals surface area contributed by atoms with Gasteiger partial charge in [-0.2, -0.15) is 0 Å². The Bertz CT molecular complexity index is 752. The molecule has 1 fully saturated rings. The third kappa shape index (κ3) is 2.14. The highest BCUT2D eigenvalue weighted by atomic mass is 16.2. The Morgan fingerprint density at radius 1 is 1.24 bits per heavy atom. The fraction of sp³-hybridized carbons (Fsp3) is 0.312. The standard InChI is InChI=1S/C16H17N3O2/c1-10-8-11(12-6-4-5-7-13(12)17-10)9-19-15(21)18-14(20)16(19,2)3/h4-8H,9H2,1-3H3,(H,18,20,21). The molecule has 3 rings (SSSR count). The average molecular weight is 283 g/mol. The summed E-state index contributed by atoms with van der Waals surface area (Å²) >= 11 is 0. The largest absolute Gasteiger partial charge is 0.325 e. The van der Waals surface area contributed by atoms with Crippen LogP contribution < -0.4 is 5.32 Å². The maximum Gasteiger partial charge on any atom is 0.325 e. The lowest BCUT2D eigenvalue weighted by Crippen LogP contribution is -2.43. The number of nitrogens with one attached hydrogen (secondary N) is 1. The number of pyridine rings is 1. The van der Waals surface area contributed by atoms with E-state index in [9.17, 15) is 9.59 Å². The van der Waals surface area contributed by atoms with Gasteiger partial charge in [0.1, 0.15) is 5.54 Å². The topological polar surface area (TPSA) is 62.3 Å². The zero-order valence-corrected chi connectivity index (χ0v) is 12.3. The highest BCUT2D eigenvalue weighted by Gasteiger charge is 2.45. The van der Waals surface area contributed by atoms with Crippen LogP contribution in [0, 0.1) is 6.92 Å². The Morgan fingerprint density at radius 2 is 1.95 bits per heavy atom. The Morgan fingerprint density at radius 3 is 2.62 bits per heavy atom. The normalized spacial score (nSPS) is 17.4. The number of fused-ring (bicyclic) bond motifs is 1. The highest BCUT2D eigenvalue weighted by molar-refractivity contribution is 6.06. The number of carbonyl (C=O) groups excluding carboxylic acids is 2. The Balaban J connectivity index is 2.06. The zero-order chi connectivity index (χ0) is 15.2. The van der Waals surface area contributed by atoms with E-state index in [1.165, 1.54) is 0 Å². The summed E-state index contributed by atoms with van der Waals surface area (Å²) in [7, 11) is 0. The number of hydrogen-bond donors (Lipinski definition) is 1. The second-order valence-electron chi connectivity index (χ2n) is 5.84. The van der Waals surface area contributed by atoms with Gasteiger partial charge < -0.3 is 4.90 Å². The van der Waals surface area contributed by atoms with Crippen molar-refractivity contribution in [3.63, 3.8) is 0 Å². The van der Waals surface area contributed by atoms with E-state index in [0.29, 0.717) is 6.54 Å². The molecule has 0 atom stereocenters. The molecule has 2 aromatic rings. The Labute approximate surface area is 123 Å². The molecule has 5 heteroatoms. The first-order chi connectivity index (χ1) is 9.89. The number of urea groups is 1. The summed E-state index contributed by atoms with van der Waals surface area (Å²) in [6.07, 6.45) is 0. The summed E-state index contributed by atoms with van der Waals surface area (Å²) in [5, 5.41) is 3.38. The number of imide groups is 1. The van der Waals surface area contributed by atoms with E-state index in [1.807, 2.05) is 37.3 Å². The van der Waals surface area contributed by atoms with Crippen molar-refractivity contribution >= 4 is 22.8 Å². The average Bonchev–Trinajstić information content (AvgIpc) is 2.61. The van der Waals surface area contributed by atoms with Crippen LogP contribution in [0.5, 0.6) is 0 Å². The van der Waals surface area contributed by atoms with Crippen LogP contribution in [-0.4, -0.2) is 27.4 Å². The van der Waals surface area contributed by atoms with Crippen LogP contribution in [0.25, 0.3) is 10.9 Å². The molecule has 1 aromatic heterocycles. The monoisotopic (exact) mass is 283 g/mol. The van der Waals surface area contributed by atoms with Crippen LogP contribution in [-0.2, 0) is 11.3 Å². The smallest absolute Gasteiger partial charge is 0.306 e. The van der Waals surface area contributed by atoms with Gasteiger partial charge >= 0.3 is 6.03 Å². The van der Waals surface area contributed by atoms with E-state index < -0.39 is 5.54 Å². The minimum absolute atomic E-state index is 0.261. The number of para-hydroxylation sites is 1. The minimum atomic E-state index is -0.838. The van der Waals surface area contributed by atoms with E-state index >= 15 is 0 Å². The van der Waals surface area contributed by atoms with Crippen LogP contribution in [0.3, 0.4) is 0 Å². The molecule has 1 aliphatic rings. The number of rotatable bonds is 2. The first-order valence-electron chi connectivity index (χ1n) is 6.88. The Hall–Kier alpha value is -2.43. The van der Waals surface area contributed by atoms with Gasteiger partial charge in [-0.15, -0.1) is 0 Å². The van der Waals surface area contributed by atoms with Gasteiger partial charge in [-0.3, -0.25) is 15.1 Å². The summed E-state index contributed by atoms with van der Waals surface area (Å²) in [4.78, 5) is 29.9. The van der Waals surface area contributed by atoms with Crippen LogP contribution in [0.4, 0.5) is 4.79 Å². The molecule has 1 aromatic carbocycles. The molecule has 0 bridgehead atoms. The summed E-state index contributed by atoms with van der Waals surface area (Å²) in [5.41, 5.74) is 1.95. The predicted molar refractivity (Wildman–Crippen MR) is 79.6 cm³/mol. The number of amides is 3. The van der Waals surface area contributed by atoms with E-state index in [4.69, 9.17) is 0 Å². The minimum Gasteiger partial charge on any atom is -0.306 e. The number of nitrogens with zero attached hydrogens (tertiary/aromatic N) is 2. The SMILES string of the molecule is Cc1cc(CN2C(=O)NC(=O)C2(C)C)c2ccccc2n1. The summed E-state index contributed by atoms with van der Waals surface area (Å²) < 4.78 is 0. The first kappa shape index (κ1) is 13.5. The van der Waals surface area contributed by atoms with Crippen molar-refractivity contribution in [1.82, 2.24) is 15.2 Å². The molecule has 21 heavy (non-hydrogen) atoms. The highest BCUT2D eigenvalue weighted by Crippen LogP contribution is 2.26. The molecule has 1 saturated heterocycles. The van der Waals surface area contributed by atoms with Gasteiger partial charge in [-0.25, -0.2) is 4.79 Å². The summed E-state index contributed by atoms with van der Waals surface area (Å²) in [5.74, 6) is -0.261. The molecule has 1 aliphatic heterocycles. The first-order valence-corrected chi connectivity index (χ1v) is 6.88. The van der Waals surface area contributed by atoms with Gasteiger partial charge in [0.2, 0.25) is 0 Å². The predicted octanol–water partition coefficient (Wildman–Crippen LogP) is 2.37. The van der Waals surface area contributed by atoms with Crippen LogP contribution in [0.2, 0.25) is 0 Å². The van der Waals surface area contributed by atoms with Gasteiger partial charge in [0.15, 0.2) is 0 Å². The van der Waals surface area contributed by atoms with Gasteiger partial charge in [0.25, 0.3) is 5.91 Å². The van der Waals surface area contributed by atoms with Crippen molar-refractivity contribution in [2.45, 2.75) is 32.9 Å².